The third-order valence-corrected chi connectivity index (χ3v) is 0.802. The smallest absolute Gasteiger partial charge is 0.313 e. The fraction of sp³-hybridized carbons (Fsp3) is 0.667. The van der Waals surface area contributed by atoms with Crippen LogP contribution in [0.3, 0.4) is 0 Å². The molecule has 0 saturated carbocycles. The molecule has 0 rings (SSSR count). The van der Waals surface area contributed by atoms with Crippen molar-refractivity contribution in [3.8, 4) is 0 Å². The van der Waals surface area contributed by atoms with E-state index < -0.39 is 5.97 Å². The molecule has 0 bridgehead atoms. The Labute approximate surface area is 72.0 Å². The van der Waals surface area contributed by atoms with Crippen molar-refractivity contribution in [1.29, 1.82) is 5.41 Å². The van der Waals surface area contributed by atoms with Gasteiger partial charge in [0.2, 0.25) is 0 Å². The molecule has 0 fully saturated rings. The van der Waals surface area contributed by atoms with Gasteiger partial charge in [0, 0.05) is 0 Å². The number of ether oxygens (including phenoxy) is 1. The summed E-state index contributed by atoms with van der Waals surface area (Å²) in [4.78, 5) is 10.6. The summed E-state index contributed by atoms with van der Waals surface area (Å²) < 4.78 is 4.64. The van der Waals surface area contributed by atoms with Crippen molar-refractivity contribution >= 4 is 24.2 Å². The highest BCUT2D eigenvalue weighted by atomic mass is 35.5. The highest BCUT2D eigenvalue weighted by Crippen LogP contribution is 1.86. The van der Waals surface area contributed by atoms with Crippen LogP contribution in [0.1, 0.15) is 19.8 Å². The number of esters is 1. The normalized spacial score (nSPS) is 8.09. The van der Waals surface area contributed by atoms with Gasteiger partial charge >= 0.3 is 5.97 Å². The number of hydrogen-bond acceptors (Lipinski definition) is 3. The molecular weight excluding hydrogens is 168 g/mol. The zero-order valence-electron chi connectivity index (χ0n) is 6.42. The van der Waals surface area contributed by atoms with Crippen LogP contribution in [0.5, 0.6) is 0 Å². The minimum absolute atomic E-state index is 0. The van der Waals surface area contributed by atoms with Crippen molar-refractivity contribution < 1.29 is 9.53 Å². The van der Waals surface area contributed by atoms with Crippen molar-refractivity contribution in [2.24, 2.45) is 5.73 Å². The van der Waals surface area contributed by atoms with E-state index in [0.29, 0.717) is 6.61 Å². The topological polar surface area (TPSA) is 76.2 Å². The number of nitrogens with two attached hydrogens (primary N) is 1. The number of hydrogen-bond donors (Lipinski definition) is 2. The molecule has 0 heterocycles. The summed E-state index contributed by atoms with van der Waals surface area (Å²) in [6.07, 6.45) is 0.698. The first-order valence-electron chi connectivity index (χ1n) is 3.15. The van der Waals surface area contributed by atoms with Crippen LogP contribution in [0.25, 0.3) is 0 Å². The second kappa shape index (κ2) is 7.34. The predicted octanol–water partition coefficient (Wildman–Crippen LogP) is 0.687. The van der Waals surface area contributed by atoms with Crippen LogP contribution in [0, 0.1) is 5.41 Å². The SMILES string of the molecule is CCCOC(=O)CC(=N)N.Cl. The number of rotatable bonds is 4. The molecule has 0 aliphatic carbocycles. The van der Waals surface area contributed by atoms with Gasteiger partial charge in [-0.15, -0.1) is 12.4 Å². The molecule has 0 amide bonds. The lowest BCUT2D eigenvalue weighted by atomic mass is 10.4. The summed E-state index contributed by atoms with van der Waals surface area (Å²) in [6, 6.07) is 0. The van der Waals surface area contributed by atoms with E-state index in [9.17, 15) is 4.79 Å². The van der Waals surface area contributed by atoms with Crippen LogP contribution in [0.15, 0.2) is 0 Å². The molecule has 0 aromatic heterocycles. The first-order valence-corrected chi connectivity index (χ1v) is 3.15. The summed E-state index contributed by atoms with van der Waals surface area (Å²) in [7, 11) is 0. The zero-order valence-corrected chi connectivity index (χ0v) is 7.24. The van der Waals surface area contributed by atoms with E-state index in [1.807, 2.05) is 6.92 Å². The van der Waals surface area contributed by atoms with E-state index in [0.717, 1.165) is 6.42 Å². The summed E-state index contributed by atoms with van der Waals surface area (Å²) in [5.41, 5.74) is 4.95. The van der Waals surface area contributed by atoms with Gasteiger partial charge in [-0.2, -0.15) is 0 Å². The number of carbonyl (C=O) groups is 1. The molecule has 4 nitrogen and oxygen atoms in total. The van der Waals surface area contributed by atoms with Crippen molar-refractivity contribution in [2.75, 3.05) is 6.61 Å². The molecule has 0 radical (unpaired) electrons. The lowest BCUT2D eigenvalue weighted by Gasteiger charge is -1.99. The van der Waals surface area contributed by atoms with Gasteiger partial charge in [0.05, 0.1) is 6.61 Å². The van der Waals surface area contributed by atoms with Gasteiger partial charge < -0.3 is 10.5 Å². The van der Waals surface area contributed by atoms with Gasteiger partial charge in [-0.3, -0.25) is 10.2 Å². The van der Waals surface area contributed by atoms with Crippen LogP contribution >= 0.6 is 12.4 Å². The lowest BCUT2D eigenvalue weighted by Crippen LogP contribution is -2.17. The van der Waals surface area contributed by atoms with Gasteiger partial charge in [0.25, 0.3) is 0 Å². The minimum atomic E-state index is -0.422. The molecule has 66 valence electrons. The molecule has 0 atom stereocenters. The van der Waals surface area contributed by atoms with E-state index in [-0.39, 0.29) is 24.7 Å². The van der Waals surface area contributed by atoms with Gasteiger partial charge in [0.1, 0.15) is 12.3 Å². The first-order chi connectivity index (χ1) is 4.66. The molecule has 0 aliphatic heterocycles. The summed E-state index contributed by atoms with van der Waals surface area (Å²) >= 11 is 0. The Morgan fingerprint density at radius 1 is 1.64 bits per heavy atom. The summed E-state index contributed by atoms with van der Waals surface area (Å²) in [5, 5.41) is 6.74. The van der Waals surface area contributed by atoms with Crippen LogP contribution in [0.2, 0.25) is 0 Å². The van der Waals surface area contributed by atoms with Gasteiger partial charge in [-0.05, 0) is 6.42 Å². The number of nitrogens with one attached hydrogen (secondary N) is 1. The van der Waals surface area contributed by atoms with Crippen molar-refractivity contribution in [3.05, 3.63) is 0 Å². The Balaban J connectivity index is 0. The third-order valence-electron chi connectivity index (χ3n) is 0.802. The molecule has 0 saturated heterocycles. The van der Waals surface area contributed by atoms with Gasteiger partial charge in [-0.1, -0.05) is 6.92 Å². The van der Waals surface area contributed by atoms with Crippen LogP contribution in [0.4, 0.5) is 0 Å². The summed E-state index contributed by atoms with van der Waals surface area (Å²) in [5.74, 6) is -0.574. The maximum absolute atomic E-state index is 10.6. The molecular formula is C6H13ClN2O2. The van der Waals surface area contributed by atoms with E-state index in [4.69, 9.17) is 11.1 Å². The van der Waals surface area contributed by atoms with E-state index in [1.165, 1.54) is 0 Å². The molecule has 5 heteroatoms. The average molecular weight is 181 g/mol. The quantitative estimate of drug-likeness (QED) is 0.380. The molecule has 3 N–H and O–H groups in total. The molecule has 0 unspecified atom stereocenters. The minimum Gasteiger partial charge on any atom is -0.465 e. The fourth-order valence-electron chi connectivity index (χ4n) is 0.422. The Morgan fingerprint density at radius 2 is 2.18 bits per heavy atom. The number of halogens is 1. The lowest BCUT2D eigenvalue weighted by molar-refractivity contribution is -0.142. The highest BCUT2D eigenvalue weighted by molar-refractivity contribution is 5.94. The zero-order chi connectivity index (χ0) is 7.98. The van der Waals surface area contributed by atoms with Crippen molar-refractivity contribution in [3.63, 3.8) is 0 Å². The van der Waals surface area contributed by atoms with Crippen molar-refractivity contribution in [1.82, 2.24) is 0 Å². The number of carbonyl (C=O) groups excluding carboxylic acids is 1. The van der Waals surface area contributed by atoms with Gasteiger partial charge in [0.15, 0.2) is 0 Å². The maximum atomic E-state index is 10.6. The maximum Gasteiger partial charge on any atom is 0.313 e. The molecule has 0 aliphatic rings. The standard InChI is InChI=1S/C6H12N2O2.ClH/c1-2-3-10-6(9)4-5(7)8;/h2-4H2,1H3,(H3,7,8);1H. The molecule has 0 aromatic rings. The molecule has 0 aromatic carbocycles. The number of amidine groups is 1. The van der Waals surface area contributed by atoms with E-state index in [1.54, 1.807) is 0 Å². The van der Waals surface area contributed by atoms with E-state index >= 15 is 0 Å². The molecule has 0 spiro atoms. The average Bonchev–Trinajstić information content (AvgIpc) is 1.82. The van der Waals surface area contributed by atoms with E-state index in [2.05, 4.69) is 4.74 Å². The van der Waals surface area contributed by atoms with Crippen molar-refractivity contribution in [2.45, 2.75) is 19.8 Å². The Bertz CT molecular complexity index is 139. The van der Waals surface area contributed by atoms with Crippen LogP contribution < -0.4 is 5.73 Å². The van der Waals surface area contributed by atoms with Gasteiger partial charge in [-0.25, -0.2) is 0 Å². The Hall–Kier alpha value is -0.770. The predicted molar refractivity (Wildman–Crippen MR) is 45.0 cm³/mol. The molecule has 11 heavy (non-hydrogen) atoms. The van der Waals surface area contributed by atoms with Crippen LogP contribution in [-0.2, 0) is 9.53 Å². The fourth-order valence-corrected chi connectivity index (χ4v) is 0.422. The van der Waals surface area contributed by atoms with Crippen LogP contribution in [-0.4, -0.2) is 18.4 Å². The first kappa shape index (κ1) is 12.9. The third kappa shape index (κ3) is 9.23. The second-order valence-corrected chi connectivity index (χ2v) is 1.92. The monoisotopic (exact) mass is 180 g/mol. The Kier molecular flexibility index (Phi) is 8.58. The highest BCUT2D eigenvalue weighted by Gasteiger charge is 2.02. The largest absolute Gasteiger partial charge is 0.465 e. The summed E-state index contributed by atoms with van der Waals surface area (Å²) in [6.45, 7) is 2.31. The Morgan fingerprint density at radius 3 is 2.55 bits per heavy atom. The second-order valence-electron chi connectivity index (χ2n) is 1.92.